The number of rotatable bonds is 2. The molecule has 0 aromatic carbocycles. The Bertz CT molecular complexity index is 345. The van der Waals surface area contributed by atoms with Gasteiger partial charge in [0.15, 0.2) is 0 Å². The average Bonchev–Trinajstić information content (AvgIpc) is 2.56. The molecule has 0 amide bonds. The molecule has 0 N–H and O–H groups in total. The van der Waals surface area contributed by atoms with Crippen molar-refractivity contribution in [2.24, 2.45) is 17.3 Å². The summed E-state index contributed by atoms with van der Waals surface area (Å²) >= 11 is 0. The van der Waals surface area contributed by atoms with Gasteiger partial charge in [-0.15, -0.1) is 0 Å². The van der Waals surface area contributed by atoms with Gasteiger partial charge in [-0.2, -0.15) is 0 Å². The maximum Gasteiger partial charge on any atom is 0.306 e. The lowest BCUT2D eigenvalue weighted by Crippen LogP contribution is -2.35. The predicted molar refractivity (Wildman–Crippen MR) is 59.7 cm³/mol. The molecular formula is C13H18O3. The van der Waals surface area contributed by atoms with Crippen molar-refractivity contribution in [1.29, 1.82) is 0 Å². The van der Waals surface area contributed by atoms with E-state index in [1.54, 1.807) is 0 Å². The summed E-state index contributed by atoms with van der Waals surface area (Å²) in [6.45, 7) is 2.04. The van der Waals surface area contributed by atoms with Crippen LogP contribution in [0.1, 0.15) is 32.6 Å². The van der Waals surface area contributed by atoms with E-state index in [1.807, 2.05) is 13.0 Å². The second-order valence-corrected chi connectivity index (χ2v) is 5.06. The Hall–Kier alpha value is -1.12. The van der Waals surface area contributed by atoms with Gasteiger partial charge in [0, 0.05) is 11.8 Å². The molecule has 3 atom stereocenters. The van der Waals surface area contributed by atoms with Crippen LogP contribution in [0.25, 0.3) is 0 Å². The highest BCUT2D eigenvalue weighted by Crippen LogP contribution is 2.50. The number of hydrogen-bond acceptors (Lipinski definition) is 3. The number of Topliss-reactive ketones (excluding diaryl/α,β-unsaturated/α-hetero) is 1. The highest BCUT2D eigenvalue weighted by atomic mass is 16.5. The second-order valence-electron chi connectivity index (χ2n) is 5.06. The molecule has 0 spiro atoms. The number of methoxy groups -OCH3 is 1. The molecule has 3 heteroatoms. The van der Waals surface area contributed by atoms with E-state index in [9.17, 15) is 9.59 Å². The third kappa shape index (κ3) is 1.68. The summed E-state index contributed by atoms with van der Waals surface area (Å²) in [4.78, 5) is 23.2. The monoisotopic (exact) mass is 222 g/mol. The van der Waals surface area contributed by atoms with Crippen molar-refractivity contribution in [1.82, 2.24) is 0 Å². The lowest BCUT2D eigenvalue weighted by Gasteiger charge is -2.36. The van der Waals surface area contributed by atoms with Gasteiger partial charge in [0.2, 0.25) is 0 Å². The van der Waals surface area contributed by atoms with Gasteiger partial charge in [-0.1, -0.05) is 19.1 Å². The van der Waals surface area contributed by atoms with Gasteiger partial charge in [-0.3, -0.25) is 9.59 Å². The summed E-state index contributed by atoms with van der Waals surface area (Å²) in [7, 11) is 1.41. The fourth-order valence-corrected chi connectivity index (χ4v) is 3.16. The normalized spacial score (nSPS) is 37.2. The fraction of sp³-hybridized carbons (Fsp3) is 0.692. The van der Waals surface area contributed by atoms with Crippen molar-refractivity contribution in [2.45, 2.75) is 32.6 Å². The predicted octanol–water partition coefficient (Wildman–Crippen LogP) is 2.11. The number of carbonyl (C=O) groups is 2. The SMILES string of the molecule is COC(=O)C[C@@H]1C=CC[C@]2(C)C(=O)CC[C@@H]12. The average molecular weight is 222 g/mol. The quantitative estimate of drug-likeness (QED) is 0.531. The Morgan fingerprint density at radius 3 is 3.06 bits per heavy atom. The first-order chi connectivity index (χ1) is 7.58. The summed E-state index contributed by atoms with van der Waals surface area (Å²) in [5.74, 6) is 0.678. The zero-order chi connectivity index (χ0) is 11.8. The van der Waals surface area contributed by atoms with Gasteiger partial charge < -0.3 is 4.74 Å². The van der Waals surface area contributed by atoms with E-state index in [4.69, 9.17) is 4.74 Å². The van der Waals surface area contributed by atoms with Crippen molar-refractivity contribution in [3.63, 3.8) is 0 Å². The summed E-state index contributed by atoms with van der Waals surface area (Å²) in [5, 5.41) is 0. The van der Waals surface area contributed by atoms with Crippen molar-refractivity contribution in [3.8, 4) is 0 Å². The Morgan fingerprint density at radius 2 is 2.38 bits per heavy atom. The van der Waals surface area contributed by atoms with E-state index in [1.165, 1.54) is 7.11 Å². The highest BCUT2D eigenvalue weighted by molar-refractivity contribution is 5.87. The zero-order valence-electron chi connectivity index (χ0n) is 9.86. The number of esters is 1. The lowest BCUT2D eigenvalue weighted by molar-refractivity contribution is -0.142. The smallest absolute Gasteiger partial charge is 0.306 e. The Kier molecular flexibility index (Phi) is 2.87. The topological polar surface area (TPSA) is 43.4 Å². The van der Waals surface area contributed by atoms with Gasteiger partial charge in [-0.25, -0.2) is 0 Å². The van der Waals surface area contributed by atoms with Crippen molar-refractivity contribution < 1.29 is 14.3 Å². The molecule has 2 rings (SSSR count). The Labute approximate surface area is 95.9 Å². The molecule has 0 aromatic rings. The minimum absolute atomic E-state index is 0.178. The first-order valence-corrected chi connectivity index (χ1v) is 5.84. The standard InChI is InChI=1S/C13H18O3/c1-13-7-3-4-9(8-12(15)16-2)10(13)5-6-11(13)14/h3-4,9-10H,5-8H2,1-2H3/t9-,10-,13-/m0/s1. The van der Waals surface area contributed by atoms with Gasteiger partial charge in [0.1, 0.15) is 5.78 Å². The minimum Gasteiger partial charge on any atom is -0.469 e. The van der Waals surface area contributed by atoms with Crippen LogP contribution >= 0.6 is 0 Å². The molecule has 2 aliphatic rings. The molecule has 1 fully saturated rings. The number of hydrogen-bond donors (Lipinski definition) is 0. The van der Waals surface area contributed by atoms with Crippen LogP contribution in [-0.4, -0.2) is 18.9 Å². The minimum atomic E-state index is -0.229. The van der Waals surface area contributed by atoms with E-state index >= 15 is 0 Å². The molecule has 0 heterocycles. The Balaban J connectivity index is 2.16. The molecule has 0 bridgehead atoms. The first-order valence-electron chi connectivity index (χ1n) is 5.84. The maximum absolute atomic E-state index is 11.9. The maximum atomic E-state index is 11.9. The van der Waals surface area contributed by atoms with Crippen LogP contribution in [0.2, 0.25) is 0 Å². The number of carbonyl (C=O) groups excluding carboxylic acids is 2. The number of ether oxygens (including phenoxy) is 1. The molecule has 0 aliphatic heterocycles. The summed E-state index contributed by atoms with van der Waals surface area (Å²) in [5.41, 5.74) is -0.229. The van der Waals surface area contributed by atoms with Crippen molar-refractivity contribution in [2.75, 3.05) is 7.11 Å². The number of allylic oxidation sites excluding steroid dienone is 2. The molecule has 0 radical (unpaired) electrons. The largest absolute Gasteiger partial charge is 0.469 e. The van der Waals surface area contributed by atoms with Crippen LogP contribution in [0, 0.1) is 17.3 Å². The zero-order valence-corrected chi connectivity index (χ0v) is 9.86. The Morgan fingerprint density at radius 1 is 1.62 bits per heavy atom. The lowest BCUT2D eigenvalue weighted by atomic mass is 9.66. The van der Waals surface area contributed by atoms with Crippen LogP contribution in [0.4, 0.5) is 0 Å². The number of ketones is 1. The third-order valence-electron chi connectivity index (χ3n) is 4.21. The van der Waals surface area contributed by atoms with Gasteiger partial charge >= 0.3 is 5.97 Å². The number of fused-ring (bicyclic) bond motifs is 1. The first kappa shape index (κ1) is 11.4. The molecule has 0 saturated heterocycles. The van der Waals surface area contributed by atoms with Crippen LogP contribution in [0.3, 0.4) is 0 Å². The molecule has 16 heavy (non-hydrogen) atoms. The van der Waals surface area contributed by atoms with Gasteiger partial charge in [0.05, 0.1) is 13.5 Å². The van der Waals surface area contributed by atoms with E-state index in [0.717, 1.165) is 12.8 Å². The van der Waals surface area contributed by atoms with Crippen LogP contribution in [0.5, 0.6) is 0 Å². The molecular weight excluding hydrogens is 204 g/mol. The van der Waals surface area contributed by atoms with Crippen molar-refractivity contribution >= 4 is 11.8 Å². The van der Waals surface area contributed by atoms with Crippen molar-refractivity contribution in [3.05, 3.63) is 12.2 Å². The van der Waals surface area contributed by atoms with E-state index in [2.05, 4.69) is 6.08 Å². The molecule has 1 saturated carbocycles. The van der Waals surface area contributed by atoms with Crippen LogP contribution in [-0.2, 0) is 14.3 Å². The van der Waals surface area contributed by atoms with Crippen LogP contribution < -0.4 is 0 Å². The van der Waals surface area contributed by atoms with E-state index in [-0.39, 0.29) is 17.3 Å². The van der Waals surface area contributed by atoms with Gasteiger partial charge in [-0.05, 0) is 24.7 Å². The van der Waals surface area contributed by atoms with E-state index in [0.29, 0.717) is 24.5 Å². The molecule has 0 unspecified atom stereocenters. The van der Waals surface area contributed by atoms with Crippen LogP contribution in [0.15, 0.2) is 12.2 Å². The summed E-state index contributed by atoms with van der Waals surface area (Å²) < 4.78 is 4.70. The molecule has 2 aliphatic carbocycles. The van der Waals surface area contributed by atoms with Gasteiger partial charge in [0.25, 0.3) is 0 Å². The van der Waals surface area contributed by atoms with E-state index < -0.39 is 0 Å². The molecule has 3 nitrogen and oxygen atoms in total. The molecule has 0 aromatic heterocycles. The summed E-state index contributed by atoms with van der Waals surface area (Å²) in [6, 6.07) is 0. The summed E-state index contributed by atoms with van der Waals surface area (Å²) in [6.07, 6.45) is 6.95. The highest BCUT2D eigenvalue weighted by Gasteiger charge is 2.49. The second kappa shape index (κ2) is 4.04. The molecule has 88 valence electrons. The third-order valence-corrected chi connectivity index (χ3v) is 4.21. The fourth-order valence-electron chi connectivity index (χ4n) is 3.16.